The van der Waals surface area contributed by atoms with Gasteiger partial charge in [-0.05, 0) is 198 Å². The average Bonchev–Trinajstić information content (AvgIpc) is 0.786. The van der Waals surface area contributed by atoms with Gasteiger partial charge in [0.1, 0.15) is 11.5 Å². The molecule has 3 amide bonds. The van der Waals surface area contributed by atoms with Gasteiger partial charge in [0.25, 0.3) is 17.7 Å². The zero-order valence-electron chi connectivity index (χ0n) is 78.8. The van der Waals surface area contributed by atoms with Crippen molar-refractivity contribution >= 4 is 46.5 Å². The van der Waals surface area contributed by atoms with Crippen molar-refractivity contribution < 1.29 is 91.4 Å². The van der Waals surface area contributed by atoms with Gasteiger partial charge in [0, 0.05) is 79.6 Å². The molecule has 10 atom stereocenters. The minimum atomic E-state index is -1.12. The van der Waals surface area contributed by atoms with Crippen molar-refractivity contribution in [3.8, 4) is 11.5 Å². The fraction of sp³-hybridized carbons (Fsp3) is 0.427. The lowest BCUT2D eigenvalue weighted by atomic mass is 9.81. The van der Waals surface area contributed by atoms with E-state index in [0.29, 0.717) is 106 Å². The zero-order chi connectivity index (χ0) is 94.4. The third-order valence-corrected chi connectivity index (χ3v) is 23.4. The number of nitrogens with one attached hydrogen (secondary N) is 3. The Balaban J connectivity index is 0.000000186. The molecule has 22 nitrogen and oxygen atoms in total. The van der Waals surface area contributed by atoms with Crippen molar-refractivity contribution in [1.29, 1.82) is 0 Å². The topological polar surface area (TPSA) is 284 Å². The lowest BCUT2D eigenvalue weighted by Gasteiger charge is -2.30. The first-order chi connectivity index (χ1) is 64.0. The Morgan fingerprint density at radius 2 is 0.758 bits per heavy atom. The molecule has 0 fully saturated rings. The average molecular weight is 1810 g/mol. The maximum absolute atomic E-state index is 12.9. The van der Waals surface area contributed by atoms with Crippen LogP contribution in [0.1, 0.15) is 203 Å². The van der Waals surface area contributed by atoms with Crippen LogP contribution in [0.15, 0.2) is 277 Å². The molecule has 0 bridgehead atoms. The minimum absolute atomic E-state index is 0.0107. The van der Waals surface area contributed by atoms with Crippen LogP contribution in [0.4, 0.5) is 17.1 Å². The molecule has 4 heterocycles. The van der Waals surface area contributed by atoms with Crippen molar-refractivity contribution in [1.82, 2.24) is 0 Å². The fourth-order valence-corrected chi connectivity index (χ4v) is 15.2. The van der Waals surface area contributed by atoms with Crippen LogP contribution in [0.5, 0.6) is 11.5 Å². The van der Waals surface area contributed by atoms with Crippen molar-refractivity contribution in [3.63, 3.8) is 0 Å². The van der Waals surface area contributed by atoms with E-state index in [0.717, 1.165) is 133 Å². The predicted molar refractivity (Wildman–Crippen MR) is 517 cm³/mol. The summed E-state index contributed by atoms with van der Waals surface area (Å²) in [7, 11) is 3.24. The molecular weight excluding hydrogens is 1670 g/mol. The van der Waals surface area contributed by atoms with Crippen LogP contribution >= 0.6 is 0 Å². The van der Waals surface area contributed by atoms with Crippen molar-refractivity contribution in [2.24, 2.45) is 35.5 Å². The second kappa shape index (κ2) is 57.1. The number of benzene rings is 8. The molecule has 8 aromatic rings. The number of hydrogen-bond donors (Lipinski definition) is 6. The molecule has 4 aliphatic heterocycles. The quantitative estimate of drug-likeness (QED) is 0.0195. The molecule has 5 aliphatic rings. The van der Waals surface area contributed by atoms with Crippen molar-refractivity contribution in [3.05, 3.63) is 316 Å². The number of allylic oxidation sites excluding steroid dienone is 6. The summed E-state index contributed by atoms with van der Waals surface area (Å²) in [4.78, 5) is 62.1. The molecule has 8 aromatic carbocycles. The first kappa shape index (κ1) is 104. The third-order valence-electron chi connectivity index (χ3n) is 23.4. The number of methoxy groups -OCH3 is 2. The van der Waals surface area contributed by atoms with Gasteiger partial charge in [-0.15, -0.1) is 0 Å². The largest absolute Gasteiger partial charge is 0.497 e. The number of ketones is 1. The molecule has 6 N–H and O–H groups in total. The van der Waals surface area contributed by atoms with Gasteiger partial charge in [0.2, 0.25) is 36.7 Å². The summed E-state index contributed by atoms with van der Waals surface area (Å²) < 4.78 is 63.0. The number of aliphatic hydroxyl groups excluding tert-OH is 2. The number of para-hydroxylation sites is 3. The number of carboxylic acid groups (broad SMARTS) is 1. The summed E-state index contributed by atoms with van der Waals surface area (Å²) in [5.74, 6) is 3.08. The third kappa shape index (κ3) is 36.2. The number of unbranched alkanes of at least 4 members (excludes halogenated alkanes) is 5. The van der Waals surface area contributed by atoms with E-state index >= 15 is 0 Å². The van der Waals surface area contributed by atoms with Crippen LogP contribution in [0.2, 0.25) is 0 Å². The highest BCUT2D eigenvalue weighted by Crippen LogP contribution is 2.38. The van der Waals surface area contributed by atoms with Crippen LogP contribution in [0.3, 0.4) is 0 Å². The summed E-state index contributed by atoms with van der Waals surface area (Å²) in [5, 5.41) is 36.2. The maximum atomic E-state index is 12.9. The Morgan fingerprint density at radius 1 is 0.379 bits per heavy atom. The Labute approximate surface area is 781 Å². The van der Waals surface area contributed by atoms with Crippen LogP contribution in [0, 0.1) is 35.5 Å². The highest BCUT2D eigenvalue weighted by atomic mass is 16.7. The number of Topliss-reactive ketones (excluding diaryl/α,β-unsaturated/α-hetero) is 1. The Hall–Kier alpha value is -11.5. The molecule has 13 rings (SSSR count). The second-order valence-corrected chi connectivity index (χ2v) is 34.6. The summed E-state index contributed by atoms with van der Waals surface area (Å²) >= 11 is 0. The summed E-state index contributed by atoms with van der Waals surface area (Å²) in [5.41, 5.74) is 10.5. The fourth-order valence-electron chi connectivity index (χ4n) is 15.2. The number of aryl methyl sites for hydroxylation is 1. The van der Waals surface area contributed by atoms with Crippen molar-refractivity contribution in [2.45, 2.75) is 228 Å². The van der Waals surface area contributed by atoms with Crippen LogP contribution < -0.4 is 25.4 Å². The molecule has 22 heteroatoms. The smallest absolute Gasteiger partial charge is 0.370 e. The molecule has 0 unspecified atom stereocenters. The highest BCUT2D eigenvalue weighted by Gasteiger charge is 2.35. The Kier molecular flexibility index (Phi) is 45.1. The lowest BCUT2D eigenvalue weighted by Crippen LogP contribution is -2.31. The number of ether oxygens (including phenoxy) is 11. The molecule has 0 radical (unpaired) electrons. The molecule has 708 valence electrons. The Bertz CT molecular complexity index is 4790. The van der Waals surface area contributed by atoms with Gasteiger partial charge >= 0.3 is 5.97 Å². The molecule has 1 aliphatic carbocycles. The highest BCUT2D eigenvalue weighted by molar-refractivity contribution is 6.04. The number of aliphatic hydroxyl groups is 2. The normalized spacial score (nSPS) is 19.5. The van der Waals surface area contributed by atoms with E-state index in [9.17, 15) is 29.1 Å². The van der Waals surface area contributed by atoms with Crippen LogP contribution in [-0.2, 0) is 99.3 Å². The first-order valence-corrected chi connectivity index (χ1v) is 46.9. The van der Waals surface area contributed by atoms with Gasteiger partial charge in [-0.3, -0.25) is 19.2 Å². The number of carboxylic acids is 1. The monoisotopic (exact) mass is 1810 g/mol. The van der Waals surface area contributed by atoms with E-state index in [1.165, 1.54) is 11.1 Å². The minimum Gasteiger partial charge on any atom is -0.497 e. The number of hydrogen-bond acceptors (Lipinski definition) is 18. The van der Waals surface area contributed by atoms with Crippen molar-refractivity contribution in [2.75, 3.05) is 56.6 Å². The van der Waals surface area contributed by atoms with E-state index in [-0.39, 0.29) is 84.8 Å². The maximum Gasteiger partial charge on any atom is 0.370 e. The van der Waals surface area contributed by atoms with E-state index in [2.05, 4.69) is 109 Å². The molecule has 0 saturated heterocycles. The second-order valence-electron chi connectivity index (χ2n) is 34.6. The van der Waals surface area contributed by atoms with Gasteiger partial charge in [-0.1, -0.05) is 252 Å². The molecule has 0 aromatic heterocycles. The summed E-state index contributed by atoms with van der Waals surface area (Å²) in [6.45, 7) is 22.4. The number of carbonyl (C=O) groups excluding carboxylic acids is 4. The van der Waals surface area contributed by atoms with Gasteiger partial charge < -0.3 is 83.4 Å². The first-order valence-electron chi connectivity index (χ1n) is 46.9. The van der Waals surface area contributed by atoms with E-state index in [1.54, 1.807) is 20.3 Å². The molecule has 0 spiro atoms. The van der Waals surface area contributed by atoms with Gasteiger partial charge in [-0.25, -0.2) is 4.79 Å². The van der Waals surface area contributed by atoms with E-state index in [1.807, 2.05) is 212 Å². The molecular formula is C110H139N3O19. The van der Waals surface area contributed by atoms with Crippen LogP contribution in [0.25, 0.3) is 0 Å². The van der Waals surface area contributed by atoms with Crippen LogP contribution in [-0.4, -0.2) is 117 Å². The lowest BCUT2D eigenvalue weighted by molar-refractivity contribution is -0.160. The van der Waals surface area contributed by atoms with Gasteiger partial charge in [-0.2, -0.15) is 0 Å². The molecule has 0 saturated carbocycles. The number of carbonyl (C=O) groups is 5. The number of amides is 3. The number of anilines is 3. The van der Waals surface area contributed by atoms with E-state index in [4.69, 9.17) is 62.3 Å². The zero-order valence-corrected chi connectivity index (χ0v) is 78.8. The van der Waals surface area contributed by atoms with Gasteiger partial charge in [0.05, 0.1) is 60.0 Å². The Morgan fingerprint density at radius 3 is 1.17 bits per heavy atom. The van der Waals surface area contributed by atoms with Gasteiger partial charge in [0.15, 0.2) is 17.3 Å². The number of rotatable bonds is 40. The number of aliphatic carboxylic acids is 1. The predicted octanol–water partition coefficient (Wildman–Crippen LogP) is 22.4. The summed E-state index contributed by atoms with van der Waals surface area (Å²) in [6, 6.07) is 69.5. The standard InChI is InChI=1S/C25H31NO2.C24H28O5.C21H22O6.2C20H29NO3/c1-4-19-10-12-20(13-11-19)17-28-24-15-21(18(2)3)14-22(16-24)25(27)26-23-8-6-5-7-9-23;1-27-21-11-9-19(10-12-21)20-16-23(22(26)15-18-7-3-2-4-8-18)29-24(17-20)28-14-6-5-13-25;1-25-18-8-6-16(7-9-18)17-10-19(21(23)24)27-20(11-17)26-13-15-4-2-14(12-22)3-5-15;2*1-4-5-9-12-23-19-14-16(15(2)3)13-18(24-19)20(22)21-17-10-7-6-8-11-17/h5-14,18,21,24H,4,15-17H2,1-3H3,(H,26,27);2-4,7-12,16,20,24-25H,5-6,13-15,17H2,1H3;2-10,17,20,22H,11-13H2,1H3,(H,23,24);2*6-8,10-11,13,15-16,19H,4-5,9,12,14H2,1-3H3,(H,21,22)/t21-,24-;20-,24+;17-,20+;2*16-,19+/m10110/s1. The molecule has 132 heavy (non-hydrogen) atoms. The SMILES string of the molecule is CCCCCO[C@@H]1C[C@H](C(C)C)C=C(C(=O)Nc2ccccc2)O1.CCCCCO[C@H]1C[C@@H](C(C)C)C=C(C(=O)Nc2ccccc2)O1.CCc1ccc(CO[C@H]2CC(C(=O)Nc3ccccc3)=C[C@@H](C(C)C)C2)cc1.COc1ccc([C@@H]2C=C(C(=O)O)O[C@H](OCc3ccc(CO)cc3)C2)cc1.COc1ccc([C@H]2C=C(C(=O)Cc3ccccc3)O[C@@H](OCCCCO)C2)cc1. The van der Waals surface area contributed by atoms with E-state index < -0.39 is 18.5 Å². The summed E-state index contributed by atoms with van der Waals surface area (Å²) in [6.07, 6.45) is 21.6.